The standard InChI is InChI=1S/C41H35N3O8/c1-24(30-19-32(40(46)47)38(41(48)49)42-21-30)39(45)44(22-26-14-15-27-8-3-4-9-28(27)18-26)25(2)31(29-16-17-35-36(20-29)51-23-50-35)10-7-13-37-43-33-11-5-6-12-34(33)52-37/h3-9,11-21,24-25,31H,10,22-23H2,1-2H3,(H,46,47)(H,48,49)/b13-7+. The van der Waals surface area contributed by atoms with Crippen LogP contribution in [0.25, 0.3) is 27.9 Å². The molecule has 3 atom stereocenters. The van der Waals surface area contributed by atoms with E-state index >= 15 is 0 Å². The molecule has 6 aromatic rings. The molecule has 11 heteroatoms. The van der Waals surface area contributed by atoms with Crippen LogP contribution in [0, 0.1) is 0 Å². The lowest BCUT2D eigenvalue weighted by Gasteiger charge is -2.37. The summed E-state index contributed by atoms with van der Waals surface area (Å²) in [7, 11) is 0. The Morgan fingerprint density at radius 1 is 0.846 bits per heavy atom. The number of benzene rings is 4. The van der Waals surface area contributed by atoms with Gasteiger partial charge < -0.3 is 29.0 Å². The summed E-state index contributed by atoms with van der Waals surface area (Å²) in [5, 5.41) is 21.4. The van der Waals surface area contributed by atoms with Gasteiger partial charge in [-0.15, -0.1) is 0 Å². The fraction of sp³-hybridized carbons (Fsp3) is 0.195. The highest BCUT2D eigenvalue weighted by molar-refractivity contribution is 6.00. The smallest absolute Gasteiger partial charge is 0.355 e. The van der Waals surface area contributed by atoms with Gasteiger partial charge in [0, 0.05) is 24.7 Å². The number of rotatable bonds is 12. The van der Waals surface area contributed by atoms with Crippen LogP contribution in [-0.2, 0) is 11.3 Å². The molecule has 0 spiro atoms. The Morgan fingerprint density at radius 2 is 1.62 bits per heavy atom. The minimum absolute atomic E-state index is 0.119. The van der Waals surface area contributed by atoms with Gasteiger partial charge in [0.1, 0.15) is 5.52 Å². The molecule has 0 fully saturated rings. The first-order valence-corrected chi connectivity index (χ1v) is 16.8. The van der Waals surface area contributed by atoms with Gasteiger partial charge in [0.25, 0.3) is 0 Å². The molecule has 262 valence electrons. The number of hydrogen-bond acceptors (Lipinski definition) is 8. The minimum Gasteiger partial charge on any atom is -0.478 e. The van der Waals surface area contributed by atoms with Crippen LogP contribution in [0.15, 0.2) is 108 Å². The summed E-state index contributed by atoms with van der Waals surface area (Å²) in [5.41, 5.74) is 2.47. The molecule has 2 N–H and O–H groups in total. The summed E-state index contributed by atoms with van der Waals surface area (Å²) < 4.78 is 17.2. The molecule has 52 heavy (non-hydrogen) atoms. The predicted octanol–water partition coefficient (Wildman–Crippen LogP) is 7.91. The van der Waals surface area contributed by atoms with Crippen molar-refractivity contribution in [2.75, 3.05) is 6.79 Å². The number of carbonyl (C=O) groups excluding carboxylic acids is 1. The van der Waals surface area contributed by atoms with Crippen LogP contribution in [0.1, 0.15) is 75.5 Å². The van der Waals surface area contributed by atoms with E-state index in [1.807, 2.05) is 97.9 Å². The Hall–Kier alpha value is -6.49. The third-order valence-electron chi connectivity index (χ3n) is 9.52. The fourth-order valence-electron chi connectivity index (χ4n) is 6.65. The maximum atomic E-state index is 14.7. The molecule has 1 aliphatic rings. The Balaban J connectivity index is 1.27. The average Bonchev–Trinajstić information content (AvgIpc) is 3.81. The molecule has 1 amide bonds. The monoisotopic (exact) mass is 697 g/mol. The molecular weight excluding hydrogens is 662 g/mol. The van der Waals surface area contributed by atoms with Crippen molar-refractivity contribution < 1.29 is 38.5 Å². The van der Waals surface area contributed by atoms with E-state index in [2.05, 4.69) is 16.0 Å². The van der Waals surface area contributed by atoms with Gasteiger partial charge in [0.2, 0.25) is 18.6 Å². The molecule has 0 bridgehead atoms. The summed E-state index contributed by atoms with van der Waals surface area (Å²) in [6.07, 6.45) is 5.56. The van der Waals surface area contributed by atoms with E-state index in [1.165, 1.54) is 12.3 Å². The van der Waals surface area contributed by atoms with E-state index in [0.29, 0.717) is 35.0 Å². The maximum absolute atomic E-state index is 14.7. The van der Waals surface area contributed by atoms with Crippen molar-refractivity contribution in [3.63, 3.8) is 0 Å². The number of carboxylic acid groups (broad SMARTS) is 2. The number of pyridine rings is 1. The molecule has 2 aromatic heterocycles. The van der Waals surface area contributed by atoms with Gasteiger partial charge >= 0.3 is 11.9 Å². The van der Waals surface area contributed by atoms with Crippen LogP contribution in [-0.4, -0.2) is 55.8 Å². The Labute approximate surface area is 298 Å². The first-order valence-electron chi connectivity index (χ1n) is 16.8. The fourth-order valence-corrected chi connectivity index (χ4v) is 6.65. The van der Waals surface area contributed by atoms with Gasteiger partial charge in [-0.3, -0.25) is 4.79 Å². The lowest BCUT2D eigenvalue weighted by atomic mass is 9.86. The van der Waals surface area contributed by atoms with Crippen LogP contribution in [0.5, 0.6) is 11.5 Å². The van der Waals surface area contributed by atoms with Gasteiger partial charge in [0.15, 0.2) is 22.8 Å². The van der Waals surface area contributed by atoms with Crippen LogP contribution in [0.4, 0.5) is 0 Å². The van der Waals surface area contributed by atoms with Crippen molar-refractivity contribution in [2.45, 2.75) is 44.7 Å². The third-order valence-corrected chi connectivity index (χ3v) is 9.52. The number of carbonyl (C=O) groups is 3. The predicted molar refractivity (Wildman–Crippen MR) is 193 cm³/mol. The largest absolute Gasteiger partial charge is 0.478 e. The van der Waals surface area contributed by atoms with Gasteiger partial charge in [-0.25, -0.2) is 19.6 Å². The molecule has 0 saturated carbocycles. The highest BCUT2D eigenvalue weighted by atomic mass is 16.7. The highest BCUT2D eigenvalue weighted by Gasteiger charge is 2.33. The topological polar surface area (TPSA) is 152 Å². The number of oxazole rings is 1. The van der Waals surface area contributed by atoms with E-state index in [-0.39, 0.29) is 25.2 Å². The summed E-state index contributed by atoms with van der Waals surface area (Å²) in [6, 6.07) is 28.2. The van der Waals surface area contributed by atoms with Crippen molar-refractivity contribution in [3.05, 3.63) is 137 Å². The molecule has 3 unspecified atom stereocenters. The Kier molecular flexibility index (Phi) is 9.41. The quantitative estimate of drug-likeness (QED) is 0.129. The number of aromatic carboxylic acids is 2. The lowest BCUT2D eigenvalue weighted by Crippen LogP contribution is -2.43. The van der Waals surface area contributed by atoms with Gasteiger partial charge in [-0.05, 0) is 90.2 Å². The van der Waals surface area contributed by atoms with Crippen molar-refractivity contribution in [1.82, 2.24) is 14.9 Å². The third kappa shape index (κ3) is 6.93. The molecule has 11 nitrogen and oxygen atoms in total. The van der Waals surface area contributed by atoms with Crippen molar-refractivity contribution in [2.24, 2.45) is 0 Å². The molecule has 0 radical (unpaired) electrons. The molecule has 4 aromatic carbocycles. The van der Waals surface area contributed by atoms with E-state index in [0.717, 1.165) is 27.4 Å². The van der Waals surface area contributed by atoms with E-state index in [4.69, 9.17) is 13.9 Å². The number of ether oxygens (including phenoxy) is 2. The van der Waals surface area contributed by atoms with Gasteiger partial charge in [0.05, 0.1) is 11.5 Å². The number of amides is 1. The second kappa shape index (κ2) is 14.4. The van der Waals surface area contributed by atoms with E-state index in [9.17, 15) is 24.6 Å². The summed E-state index contributed by atoms with van der Waals surface area (Å²) in [6.45, 7) is 4.03. The Bertz CT molecular complexity index is 2320. The van der Waals surface area contributed by atoms with Crippen molar-refractivity contribution in [1.29, 1.82) is 0 Å². The van der Waals surface area contributed by atoms with Crippen LogP contribution < -0.4 is 9.47 Å². The zero-order chi connectivity index (χ0) is 36.4. The minimum atomic E-state index is -1.47. The zero-order valence-electron chi connectivity index (χ0n) is 28.4. The van der Waals surface area contributed by atoms with Crippen LogP contribution >= 0.6 is 0 Å². The van der Waals surface area contributed by atoms with Crippen LogP contribution in [0.2, 0.25) is 0 Å². The summed E-state index contributed by atoms with van der Waals surface area (Å²) >= 11 is 0. The van der Waals surface area contributed by atoms with Crippen molar-refractivity contribution in [3.8, 4) is 11.5 Å². The Morgan fingerprint density at radius 3 is 2.40 bits per heavy atom. The van der Waals surface area contributed by atoms with Crippen molar-refractivity contribution >= 4 is 45.8 Å². The number of fused-ring (bicyclic) bond motifs is 3. The summed E-state index contributed by atoms with van der Waals surface area (Å²) in [5.74, 6) is -2.59. The molecule has 0 aliphatic carbocycles. The lowest BCUT2D eigenvalue weighted by molar-refractivity contribution is -0.135. The average molecular weight is 698 g/mol. The number of hydrogen-bond donors (Lipinski definition) is 2. The van der Waals surface area contributed by atoms with Crippen LogP contribution in [0.3, 0.4) is 0 Å². The highest BCUT2D eigenvalue weighted by Crippen LogP contribution is 2.38. The molecule has 0 saturated heterocycles. The first kappa shape index (κ1) is 34.0. The second-order valence-corrected chi connectivity index (χ2v) is 12.8. The second-order valence-electron chi connectivity index (χ2n) is 12.8. The van der Waals surface area contributed by atoms with Gasteiger partial charge in [-0.2, -0.15) is 0 Å². The van der Waals surface area contributed by atoms with E-state index in [1.54, 1.807) is 11.8 Å². The number of nitrogens with zero attached hydrogens (tertiary/aromatic N) is 3. The molecule has 1 aliphatic heterocycles. The van der Waals surface area contributed by atoms with E-state index < -0.39 is 35.2 Å². The summed E-state index contributed by atoms with van der Waals surface area (Å²) in [4.78, 5) is 48.7. The SMILES string of the molecule is CC(C(=O)N(Cc1ccc2ccccc2c1)C(C)C(C/C=C/c1nc2ccccc2o1)c1ccc2c(c1)OCO2)c1cnc(C(=O)O)c(C(=O)O)c1. The molecule has 7 rings (SSSR count). The first-order chi connectivity index (χ1) is 25.2. The number of aromatic nitrogens is 2. The molecular formula is C41H35N3O8. The number of carboxylic acids is 2. The maximum Gasteiger partial charge on any atom is 0.355 e. The normalized spacial score (nSPS) is 14.0. The number of para-hydroxylation sites is 2. The molecule has 3 heterocycles. The number of allylic oxidation sites excluding steroid dienone is 1. The zero-order valence-corrected chi connectivity index (χ0v) is 28.4. The van der Waals surface area contributed by atoms with Gasteiger partial charge in [-0.1, -0.05) is 60.7 Å².